The molecule has 276 valence electrons. The first-order valence-corrected chi connectivity index (χ1v) is 22.4. The van der Waals surface area contributed by atoms with Crippen LogP contribution < -0.4 is 36.9 Å². The highest BCUT2D eigenvalue weighted by Crippen LogP contribution is 2.80. The molecule has 1 heterocycles. The van der Waals surface area contributed by atoms with Crippen LogP contribution in [0, 0.1) is 41.5 Å². The normalized spacial score (nSPS) is 20.6. The number of hydrogen-bond donors (Lipinski definition) is 2. The van der Waals surface area contributed by atoms with Gasteiger partial charge >= 0.3 is 23.7 Å². The zero-order chi connectivity index (χ0) is 37.8. The standard InChI is InChI=1S/C42H44N3O6P3/c1-31-19-16-28-40(34(31)4)49-52(46-37-22-10-7-11-23-37)43-53(47-38-24-12-8-13-25-38,50-41-29-17-20-32(2)35(41)5)45-54(44-52,48-39-26-14-9-15-27-39)51-42-30-18-21-33(3)36(42)6/h7-30,43-44H,1-6H3/q+2. The molecule has 0 bridgehead atoms. The van der Waals surface area contributed by atoms with Crippen molar-refractivity contribution in [1.29, 1.82) is 0 Å². The molecule has 1 aliphatic heterocycles. The molecule has 1 aliphatic rings. The first-order chi connectivity index (χ1) is 26.1. The quantitative estimate of drug-likeness (QED) is 0.119. The number of rotatable bonds is 12. The number of nitrogens with zero attached hydrogens (tertiary/aromatic N) is 1. The molecular weight excluding hydrogens is 735 g/mol. The predicted octanol–water partition coefficient (Wildman–Crippen LogP) is 12.8. The Hall–Kier alpha value is -4.87. The number of hydrogen-bond acceptors (Lipinski definition) is 9. The number of benzene rings is 6. The molecular formula is C42H44N3O6P3+2. The maximum Gasteiger partial charge on any atom is 0.617 e. The topological polar surface area (TPSA) is 91.8 Å². The Morgan fingerprint density at radius 1 is 0.426 bits per heavy atom. The molecule has 0 amide bonds. The van der Waals surface area contributed by atoms with Gasteiger partial charge in [-0.15, -0.1) is 0 Å². The van der Waals surface area contributed by atoms with E-state index in [9.17, 15) is 0 Å². The predicted molar refractivity (Wildman–Crippen MR) is 220 cm³/mol. The fraction of sp³-hybridized carbons (Fsp3) is 0.143. The maximum atomic E-state index is 7.17. The third-order valence-electron chi connectivity index (χ3n) is 9.01. The van der Waals surface area contributed by atoms with Crippen molar-refractivity contribution in [2.24, 2.45) is 4.52 Å². The van der Waals surface area contributed by atoms with Crippen LogP contribution >= 0.6 is 23.7 Å². The minimum absolute atomic E-state index is 0.517. The molecule has 12 heteroatoms. The molecule has 54 heavy (non-hydrogen) atoms. The van der Waals surface area contributed by atoms with Crippen LogP contribution in [0.4, 0.5) is 0 Å². The Labute approximate surface area is 319 Å². The van der Waals surface area contributed by atoms with Gasteiger partial charge in [-0.3, -0.25) is 18.1 Å². The second kappa shape index (κ2) is 15.8. The van der Waals surface area contributed by atoms with Crippen LogP contribution in [0.5, 0.6) is 34.5 Å². The van der Waals surface area contributed by atoms with Gasteiger partial charge in [0.1, 0.15) is 16.4 Å². The fourth-order valence-electron chi connectivity index (χ4n) is 5.59. The van der Waals surface area contributed by atoms with Crippen molar-refractivity contribution >= 4 is 23.7 Å². The Bertz CT molecular complexity index is 2300. The Morgan fingerprint density at radius 3 is 1.41 bits per heavy atom. The Kier molecular flexibility index (Phi) is 11.0. The molecule has 0 saturated heterocycles. The van der Waals surface area contributed by atoms with Crippen LogP contribution in [0.2, 0.25) is 0 Å². The highest BCUT2D eigenvalue weighted by Gasteiger charge is 2.75. The summed E-state index contributed by atoms with van der Waals surface area (Å²) in [7, 11) is -11.3. The summed E-state index contributed by atoms with van der Waals surface area (Å²) in [4.78, 5) is 7.29. The van der Waals surface area contributed by atoms with Gasteiger partial charge < -0.3 is 9.05 Å². The number of para-hydroxylation sites is 3. The molecule has 3 atom stereocenters. The van der Waals surface area contributed by atoms with Gasteiger partial charge in [0.05, 0.1) is 4.52 Å². The zero-order valence-electron chi connectivity index (χ0n) is 31.1. The van der Waals surface area contributed by atoms with E-state index in [1.54, 1.807) is 0 Å². The second-order valence-electron chi connectivity index (χ2n) is 13.0. The van der Waals surface area contributed by atoms with Gasteiger partial charge in [-0.25, -0.2) is 0 Å². The van der Waals surface area contributed by atoms with E-state index >= 15 is 0 Å². The summed E-state index contributed by atoms with van der Waals surface area (Å²) in [5.74, 6) is 3.31. The Balaban J connectivity index is 1.54. The van der Waals surface area contributed by atoms with Gasteiger partial charge in [-0.1, -0.05) is 91.0 Å². The van der Waals surface area contributed by atoms with Crippen LogP contribution in [-0.2, 0) is 0 Å². The molecule has 0 radical (unpaired) electrons. The second-order valence-corrected chi connectivity index (χ2v) is 19.6. The van der Waals surface area contributed by atoms with Crippen molar-refractivity contribution in [2.75, 3.05) is 0 Å². The largest absolute Gasteiger partial charge is 0.617 e. The van der Waals surface area contributed by atoms with Crippen molar-refractivity contribution in [3.63, 3.8) is 0 Å². The molecule has 0 saturated carbocycles. The molecule has 0 aromatic heterocycles. The van der Waals surface area contributed by atoms with Crippen LogP contribution in [0.25, 0.3) is 0 Å². The van der Waals surface area contributed by atoms with E-state index in [4.69, 9.17) is 31.7 Å². The molecule has 9 nitrogen and oxygen atoms in total. The van der Waals surface area contributed by atoms with E-state index in [-0.39, 0.29) is 0 Å². The summed E-state index contributed by atoms with van der Waals surface area (Å²) in [6, 6.07) is 46.1. The lowest BCUT2D eigenvalue weighted by Crippen LogP contribution is -2.41. The summed E-state index contributed by atoms with van der Waals surface area (Å²) in [5, 5.41) is 0. The van der Waals surface area contributed by atoms with Gasteiger partial charge in [0.2, 0.25) is 0 Å². The monoisotopic (exact) mass is 779 g/mol. The zero-order valence-corrected chi connectivity index (χ0v) is 33.8. The maximum absolute atomic E-state index is 7.17. The van der Waals surface area contributed by atoms with Gasteiger partial charge in [-0.05, 0) is 130 Å². The van der Waals surface area contributed by atoms with E-state index < -0.39 is 23.7 Å². The molecule has 6 aromatic carbocycles. The SMILES string of the molecule is Cc1cccc(OP2(Oc3ccccc3)=N[P+](Oc3ccccc3)(Oc3cccc(C)c3C)N[P+](Oc3ccccc3)(Oc3cccc(C)c3C)N2)c1C. The highest BCUT2D eigenvalue weighted by molar-refractivity contribution is 7.89. The fourth-order valence-corrected chi connectivity index (χ4v) is 15.8. The minimum Gasteiger partial charge on any atom is -0.415 e. The van der Waals surface area contributed by atoms with Gasteiger partial charge in [-0.2, -0.15) is 0 Å². The lowest BCUT2D eigenvalue weighted by molar-refractivity contribution is 0.402. The smallest absolute Gasteiger partial charge is 0.415 e. The van der Waals surface area contributed by atoms with Crippen LogP contribution in [0.3, 0.4) is 0 Å². The molecule has 7 rings (SSSR count). The summed E-state index contributed by atoms with van der Waals surface area (Å²) < 4.78 is 48.0. The number of aryl methyl sites for hydroxylation is 3. The van der Waals surface area contributed by atoms with Crippen molar-refractivity contribution in [2.45, 2.75) is 41.5 Å². The lowest BCUT2D eigenvalue weighted by Gasteiger charge is -2.34. The average molecular weight is 780 g/mol. The van der Waals surface area contributed by atoms with E-state index in [1.807, 2.05) is 187 Å². The van der Waals surface area contributed by atoms with Gasteiger partial charge in [0.25, 0.3) is 0 Å². The molecule has 3 unspecified atom stereocenters. The van der Waals surface area contributed by atoms with Crippen molar-refractivity contribution in [3.8, 4) is 34.5 Å². The van der Waals surface area contributed by atoms with Crippen LogP contribution in [-0.4, -0.2) is 0 Å². The molecule has 2 N–H and O–H groups in total. The summed E-state index contributed by atoms with van der Waals surface area (Å²) >= 11 is 0. The summed E-state index contributed by atoms with van der Waals surface area (Å²) in [5.41, 5.74) is 5.93. The van der Waals surface area contributed by atoms with E-state index in [1.165, 1.54) is 0 Å². The lowest BCUT2D eigenvalue weighted by atomic mass is 10.1. The summed E-state index contributed by atoms with van der Waals surface area (Å²) in [6.07, 6.45) is 0. The molecule has 0 aliphatic carbocycles. The summed E-state index contributed by atoms with van der Waals surface area (Å²) in [6.45, 7) is 12.2. The molecule has 0 spiro atoms. The van der Waals surface area contributed by atoms with Crippen molar-refractivity contribution < 1.29 is 27.1 Å². The molecule has 0 fully saturated rings. The van der Waals surface area contributed by atoms with E-state index in [0.29, 0.717) is 34.5 Å². The minimum atomic E-state index is -3.81. The third-order valence-corrected chi connectivity index (χ3v) is 17.7. The van der Waals surface area contributed by atoms with E-state index in [2.05, 4.69) is 9.72 Å². The van der Waals surface area contributed by atoms with Crippen molar-refractivity contribution in [3.05, 3.63) is 179 Å². The average Bonchev–Trinajstić information content (AvgIpc) is 3.15. The first-order valence-electron chi connectivity index (χ1n) is 17.6. The Morgan fingerprint density at radius 2 is 0.870 bits per heavy atom. The third kappa shape index (κ3) is 8.42. The van der Waals surface area contributed by atoms with Gasteiger partial charge in [0, 0.05) is 4.86 Å². The van der Waals surface area contributed by atoms with Crippen LogP contribution in [0.1, 0.15) is 33.4 Å². The van der Waals surface area contributed by atoms with Crippen molar-refractivity contribution in [1.82, 2.24) is 9.72 Å². The number of nitrogens with one attached hydrogen (secondary N) is 2. The highest BCUT2D eigenvalue weighted by atomic mass is 31.3. The van der Waals surface area contributed by atoms with E-state index in [0.717, 1.165) is 33.4 Å². The van der Waals surface area contributed by atoms with Crippen LogP contribution in [0.15, 0.2) is 150 Å². The van der Waals surface area contributed by atoms with Gasteiger partial charge in [0.15, 0.2) is 23.0 Å². The molecule has 6 aromatic rings. The first kappa shape index (κ1) is 37.4.